The van der Waals surface area contributed by atoms with Gasteiger partial charge in [0.15, 0.2) is 0 Å². The van der Waals surface area contributed by atoms with Gasteiger partial charge in [0.25, 0.3) is 0 Å². The van der Waals surface area contributed by atoms with E-state index in [0.717, 1.165) is 7.11 Å². The minimum Gasteiger partial charge on any atom is -0.820 e. The lowest BCUT2D eigenvalue weighted by atomic mass is 10.8. The molecule has 0 aliphatic heterocycles. The highest BCUT2D eigenvalue weighted by Gasteiger charge is 1.90. The van der Waals surface area contributed by atoms with Crippen molar-refractivity contribution in [1.29, 1.82) is 0 Å². The molecule has 0 amide bonds. The molecule has 116 valence electrons. The second-order valence-corrected chi connectivity index (χ2v) is 4.64. The number of hydrogen-bond donors (Lipinski definition) is 0. The molecule has 0 aliphatic rings. The van der Waals surface area contributed by atoms with Crippen LogP contribution in [0.15, 0.2) is 50.6 Å². The average molecular weight is 312 g/mol. The van der Waals surface area contributed by atoms with Gasteiger partial charge in [0, 0.05) is 7.11 Å². The van der Waals surface area contributed by atoms with Crippen LogP contribution in [0.3, 0.4) is 0 Å². The molecule has 2 rings (SSSR count). The minimum absolute atomic E-state index is 1.10. The predicted octanol–water partition coefficient (Wildman–Crippen LogP) is -0.593. The first-order chi connectivity index (χ1) is 9.92. The van der Waals surface area contributed by atoms with E-state index in [0.29, 0.717) is 0 Å². The normalized spacial score (nSPS) is 9.24. The highest BCUT2D eigenvalue weighted by molar-refractivity contribution is 7.36. The van der Waals surface area contributed by atoms with E-state index in [4.69, 9.17) is 0 Å². The van der Waals surface area contributed by atoms with E-state index in [1.165, 1.54) is 0 Å². The third-order valence-corrected chi connectivity index (χ3v) is 2.45. The van der Waals surface area contributed by atoms with Crippen molar-refractivity contribution < 1.29 is 23.4 Å². The van der Waals surface area contributed by atoms with Crippen molar-refractivity contribution in [1.82, 2.24) is 9.13 Å². The summed E-state index contributed by atoms with van der Waals surface area (Å²) in [5.74, 6) is 0. The maximum Gasteiger partial charge on any atom is 0.248 e. The van der Waals surface area contributed by atoms with Gasteiger partial charge in [0.1, 0.15) is 24.8 Å². The summed E-state index contributed by atoms with van der Waals surface area (Å²) in [7, 11) is 2.45. The number of nitrogens with zero attached hydrogens (tertiary/aromatic N) is 4. The van der Waals surface area contributed by atoms with Gasteiger partial charge in [-0.3, -0.25) is 0 Å². The molecule has 0 saturated carbocycles. The Hall–Kier alpha value is -1.79. The first-order valence-electron chi connectivity index (χ1n) is 5.92. The van der Waals surface area contributed by atoms with E-state index in [1.54, 1.807) is 12.4 Å². The molecule has 0 aliphatic carbocycles. The van der Waals surface area contributed by atoms with Crippen LogP contribution in [-0.2, 0) is 18.6 Å². The third-order valence-electron chi connectivity index (χ3n) is 2.15. The summed E-state index contributed by atoms with van der Waals surface area (Å²) >= 11 is 0. The van der Waals surface area contributed by atoms with Gasteiger partial charge in [0.05, 0.1) is 26.5 Å². The Kier molecular flexibility index (Phi) is 10.0. The summed E-state index contributed by atoms with van der Waals surface area (Å²) in [6.45, 7) is 7.19. The van der Waals surface area contributed by atoms with Crippen molar-refractivity contribution >= 4 is 21.0 Å². The highest BCUT2D eigenvalue weighted by Crippen LogP contribution is 2.07. The number of hydrogen-bond acceptors (Lipinski definition) is 3. The van der Waals surface area contributed by atoms with E-state index >= 15 is 0 Å². The number of rotatable bonds is 3. The average Bonchev–Trinajstić information content (AvgIpc) is 3.08. The second-order valence-electron chi connectivity index (χ2n) is 3.82. The molecule has 0 unspecified atom stereocenters. The lowest BCUT2D eigenvalue weighted by molar-refractivity contribution is -0.670. The minimum atomic E-state index is -2.60. The Morgan fingerprint density at radius 1 is 1.00 bits per heavy atom. The molecule has 0 atom stereocenters. The number of aromatic nitrogens is 4. The summed E-state index contributed by atoms with van der Waals surface area (Å²) in [5.41, 5.74) is 0. The lowest BCUT2D eigenvalue weighted by Crippen LogP contribution is -2.23. The van der Waals surface area contributed by atoms with E-state index in [2.05, 4.69) is 17.7 Å². The molecular formula is C13H21N4O3P. The fourth-order valence-electron chi connectivity index (χ4n) is 1.15. The molecule has 0 spiro atoms. The van der Waals surface area contributed by atoms with Crippen LogP contribution in [0.2, 0.25) is 0 Å². The predicted molar refractivity (Wildman–Crippen MR) is 77.9 cm³/mol. The van der Waals surface area contributed by atoms with Crippen LogP contribution in [0, 0.1) is 0 Å². The van der Waals surface area contributed by atoms with Crippen LogP contribution in [0.5, 0.6) is 0 Å². The quantitative estimate of drug-likeness (QED) is 0.561. The second kappa shape index (κ2) is 10.9. The molecule has 0 aromatic carbocycles. The van der Waals surface area contributed by atoms with Crippen molar-refractivity contribution in [3.8, 4) is 0 Å². The van der Waals surface area contributed by atoms with Gasteiger partial charge >= 0.3 is 0 Å². The Balaban J connectivity index is 0.000000296. The number of imidazole rings is 2. The van der Waals surface area contributed by atoms with E-state index in [-0.39, 0.29) is 0 Å². The zero-order valence-electron chi connectivity index (χ0n) is 12.5. The maximum atomic E-state index is 9.18. The zero-order chi connectivity index (χ0) is 16.3. The smallest absolute Gasteiger partial charge is 0.248 e. The summed E-state index contributed by atoms with van der Waals surface area (Å²) in [6, 6.07) is 0. The largest absolute Gasteiger partial charge is 0.820 e. The van der Waals surface area contributed by atoms with Crippen LogP contribution < -0.4 is 18.9 Å². The van der Waals surface area contributed by atoms with Crippen LogP contribution in [-0.4, -0.2) is 16.2 Å². The van der Waals surface area contributed by atoms with Gasteiger partial charge in [-0.25, -0.2) is 18.3 Å². The van der Waals surface area contributed by atoms with E-state index in [1.807, 2.05) is 69.8 Å². The molecule has 0 N–H and O–H groups in total. The molecular weight excluding hydrogens is 291 g/mol. The van der Waals surface area contributed by atoms with Crippen molar-refractivity contribution in [2.45, 2.75) is 0 Å². The molecule has 0 saturated heterocycles. The molecule has 7 nitrogen and oxygen atoms in total. The lowest BCUT2D eigenvalue weighted by Gasteiger charge is -2.25. The summed E-state index contributed by atoms with van der Waals surface area (Å²) in [4.78, 5) is 18.4. The summed E-state index contributed by atoms with van der Waals surface area (Å²) < 4.78 is 11.4. The Bertz CT molecular complexity index is 493. The first-order valence-corrected chi connectivity index (χ1v) is 7.01. The molecule has 0 fully saturated rings. The summed E-state index contributed by atoms with van der Waals surface area (Å²) in [5, 5.41) is 0. The first kappa shape index (κ1) is 19.2. The highest BCUT2D eigenvalue weighted by atomic mass is 31.2. The van der Waals surface area contributed by atoms with Gasteiger partial charge in [-0.1, -0.05) is 13.2 Å². The molecule has 8 heteroatoms. The fourth-order valence-corrected chi connectivity index (χ4v) is 1.15. The molecule has 21 heavy (non-hydrogen) atoms. The Labute approximate surface area is 126 Å². The monoisotopic (exact) mass is 312 g/mol. The fraction of sp³-hybridized carbons (Fsp3) is 0.231. The van der Waals surface area contributed by atoms with Crippen molar-refractivity contribution in [3.05, 3.63) is 50.6 Å². The Morgan fingerprint density at radius 2 is 1.33 bits per heavy atom. The molecule has 0 radical (unpaired) electrons. The van der Waals surface area contributed by atoms with Crippen molar-refractivity contribution in [2.24, 2.45) is 14.1 Å². The van der Waals surface area contributed by atoms with Crippen LogP contribution in [0.25, 0.3) is 12.4 Å². The van der Waals surface area contributed by atoms with Gasteiger partial charge in [-0.2, -0.15) is 8.60 Å². The van der Waals surface area contributed by atoms with Gasteiger partial charge < -0.3 is 14.3 Å². The van der Waals surface area contributed by atoms with E-state index < -0.39 is 8.60 Å². The maximum absolute atomic E-state index is 9.18. The molecule has 2 heterocycles. The number of aryl methyl sites for hydroxylation is 2. The van der Waals surface area contributed by atoms with Crippen molar-refractivity contribution in [2.75, 3.05) is 7.11 Å². The van der Waals surface area contributed by atoms with Gasteiger partial charge in [-0.15, -0.1) is 0 Å². The van der Waals surface area contributed by atoms with E-state index in [9.17, 15) is 9.79 Å². The zero-order valence-corrected chi connectivity index (χ0v) is 13.4. The molecule has 0 bridgehead atoms. The molecule has 2 aromatic heterocycles. The van der Waals surface area contributed by atoms with Crippen molar-refractivity contribution in [3.63, 3.8) is 0 Å². The third kappa shape index (κ3) is 9.70. The Morgan fingerprint density at radius 3 is 1.43 bits per heavy atom. The van der Waals surface area contributed by atoms with Crippen LogP contribution >= 0.6 is 8.60 Å². The van der Waals surface area contributed by atoms with Gasteiger partial charge in [-0.05, 0) is 0 Å². The standard InChI is InChI=1S/2C6H9N2.CH3O3P/c2*1-3-8-5-4-7(2)6-8;1-4-5(2)3/h2*3-6H,1H2,2H3;1H3/q2*+1;-2. The topological polar surface area (TPSA) is 73.0 Å². The summed E-state index contributed by atoms with van der Waals surface area (Å²) in [6.07, 6.45) is 15.2. The van der Waals surface area contributed by atoms with Crippen LogP contribution in [0.4, 0.5) is 0 Å². The van der Waals surface area contributed by atoms with Gasteiger partial charge in [0.2, 0.25) is 12.7 Å². The van der Waals surface area contributed by atoms with Crippen LogP contribution in [0.1, 0.15) is 0 Å². The SMILES string of the molecule is C=Cn1cc[n+](C)c1.C=Cn1cc[n+](C)c1.COP([O-])[O-]. The molecule has 2 aromatic rings.